The van der Waals surface area contributed by atoms with Crippen LogP contribution in [0.5, 0.6) is 0 Å². The average Bonchev–Trinajstić information content (AvgIpc) is 2.72. The van der Waals surface area contributed by atoms with E-state index in [4.69, 9.17) is 5.11 Å². The van der Waals surface area contributed by atoms with Crippen molar-refractivity contribution in [1.82, 2.24) is 4.57 Å². The maximum atomic E-state index is 11.1. The molecule has 0 aliphatic rings. The summed E-state index contributed by atoms with van der Waals surface area (Å²) < 4.78 is 2.14. The van der Waals surface area contributed by atoms with E-state index in [9.17, 15) is 4.79 Å². The molecule has 0 unspecified atom stereocenters. The molecule has 17 heavy (non-hydrogen) atoms. The van der Waals surface area contributed by atoms with E-state index in [1.165, 1.54) is 12.8 Å². The first-order valence-electron chi connectivity index (χ1n) is 6.05. The normalized spacial score (nSPS) is 10.9. The number of nitrogens with zero attached hydrogens (tertiary/aromatic N) is 1. The van der Waals surface area contributed by atoms with E-state index < -0.39 is 5.97 Å². The lowest BCUT2D eigenvalue weighted by Gasteiger charge is -2.05. The van der Waals surface area contributed by atoms with Gasteiger partial charge in [0.1, 0.15) is 0 Å². The number of aromatic carboxylic acids is 1. The zero-order valence-corrected chi connectivity index (χ0v) is 10.0. The Hall–Kier alpha value is -1.77. The highest BCUT2D eigenvalue weighted by Gasteiger charge is 2.10. The average molecular weight is 231 g/mol. The van der Waals surface area contributed by atoms with Gasteiger partial charge in [0.25, 0.3) is 0 Å². The van der Waals surface area contributed by atoms with E-state index in [1.807, 2.05) is 24.4 Å². The monoisotopic (exact) mass is 231 g/mol. The Morgan fingerprint density at radius 1 is 1.29 bits per heavy atom. The van der Waals surface area contributed by atoms with Crippen LogP contribution in [0, 0.1) is 0 Å². The Kier molecular flexibility index (Phi) is 3.47. The van der Waals surface area contributed by atoms with E-state index in [2.05, 4.69) is 11.5 Å². The summed E-state index contributed by atoms with van der Waals surface area (Å²) in [5.41, 5.74) is 1.40. The number of hydrogen-bond acceptors (Lipinski definition) is 1. The highest BCUT2D eigenvalue weighted by Crippen LogP contribution is 2.20. The zero-order chi connectivity index (χ0) is 12.3. The summed E-state index contributed by atoms with van der Waals surface area (Å²) in [4.78, 5) is 11.1. The third kappa shape index (κ3) is 2.33. The van der Waals surface area contributed by atoms with Crippen LogP contribution in [0.3, 0.4) is 0 Å². The summed E-state index contributed by atoms with van der Waals surface area (Å²) in [5, 5.41) is 9.93. The standard InChI is InChI=1S/C14H17NO2/c1-2-3-4-9-15-10-8-11-12(14(16)17)6-5-7-13(11)15/h5-8,10H,2-4,9H2,1H3,(H,16,17). The molecule has 0 aliphatic carbocycles. The molecule has 0 saturated heterocycles. The van der Waals surface area contributed by atoms with Gasteiger partial charge in [-0.1, -0.05) is 25.8 Å². The second-order valence-corrected chi connectivity index (χ2v) is 4.26. The van der Waals surface area contributed by atoms with E-state index >= 15 is 0 Å². The number of carboxylic acid groups (broad SMARTS) is 1. The van der Waals surface area contributed by atoms with Gasteiger partial charge in [0, 0.05) is 23.6 Å². The summed E-state index contributed by atoms with van der Waals surface area (Å²) in [6.45, 7) is 3.14. The fourth-order valence-corrected chi connectivity index (χ4v) is 2.14. The van der Waals surface area contributed by atoms with Crippen LogP contribution in [0.2, 0.25) is 0 Å². The summed E-state index contributed by atoms with van der Waals surface area (Å²) >= 11 is 0. The fourth-order valence-electron chi connectivity index (χ4n) is 2.14. The number of aromatic nitrogens is 1. The third-order valence-electron chi connectivity index (χ3n) is 3.05. The predicted octanol–water partition coefficient (Wildman–Crippen LogP) is 3.53. The van der Waals surface area contributed by atoms with Crippen molar-refractivity contribution in [3.05, 3.63) is 36.0 Å². The van der Waals surface area contributed by atoms with Crippen molar-refractivity contribution < 1.29 is 9.90 Å². The molecule has 1 aromatic heterocycles. The van der Waals surface area contributed by atoms with Crippen LogP contribution in [0.1, 0.15) is 36.5 Å². The summed E-state index contributed by atoms with van der Waals surface area (Å²) in [7, 11) is 0. The highest BCUT2D eigenvalue weighted by molar-refractivity contribution is 6.02. The van der Waals surface area contributed by atoms with E-state index in [0.29, 0.717) is 5.56 Å². The summed E-state index contributed by atoms with van der Waals surface area (Å²) in [5.74, 6) is -0.859. The van der Waals surface area contributed by atoms with Gasteiger partial charge in [-0.2, -0.15) is 0 Å². The molecule has 2 aromatic rings. The number of rotatable bonds is 5. The van der Waals surface area contributed by atoms with Gasteiger partial charge in [0.2, 0.25) is 0 Å². The molecule has 0 aliphatic heterocycles. The van der Waals surface area contributed by atoms with Crippen molar-refractivity contribution in [3.8, 4) is 0 Å². The first-order valence-corrected chi connectivity index (χ1v) is 6.05. The van der Waals surface area contributed by atoms with Gasteiger partial charge in [-0.3, -0.25) is 0 Å². The van der Waals surface area contributed by atoms with Gasteiger partial charge < -0.3 is 9.67 Å². The third-order valence-corrected chi connectivity index (χ3v) is 3.05. The minimum Gasteiger partial charge on any atom is -0.478 e. The SMILES string of the molecule is CCCCCn1ccc2c(C(=O)O)cccc21. The van der Waals surface area contributed by atoms with Crippen molar-refractivity contribution >= 4 is 16.9 Å². The van der Waals surface area contributed by atoms with Crippen molar-refractivity contribution in [2.45, 2.75) is 32.7 Å². The van der Waals surface area contributed by atoms with Gasteiger partial charge in [-0.15, -0.1) is 0 Å². The topological polar surface area (TPSA) is 42.2 Å². The van der Waals surface area contributed by atoms with Gasteiger partial charge in [0.05, 0.1) is 5.56 Å². The quantitative estimate of drug-likeness (QED) is 0.800. The second-order valence-electron chi connectivity index (χ2n) is 4.26. The molecule has 3 heteroatoms. The summed E-state index contributed by atoms with van der Waals surface area (Å²) in [6, 6.07) is 7.33. The molecule has 1 N–H and O–H groups in total. The van der Waals surface area contributed by atoms with Crippen LogP contribution in [-0.2, 0) is 6.54 Å². The molecule has 0 saturated carbocycles. The number of hydrogen-bond donors (Lipinski definition) is 1. The summed E-state index contributed by atoms with van der Waals surface area (Å²) in [6.07, 6.45) is 5.52. The van der Waals surface area contributed by atoms with Crippen molar-refractivity contribution in [2.75, 3.05) is 0 Å². The Bertz CT molecular complexity index is 528. The van der Waals surface area contributed by atoms with Crippen LogP contribution in [0.4, 0.5) is 0 Å². The predicted molar refractivity (Wildman–Crippen MR) is 68.4 cm³/mol. The first-order chi connectivity index (χ1) is 8.24. The lowest BCUT2D eigenvalue weighted by Crippen LogP contribution is -1.99. The second kappa shape index (κ2) is 5.04. The Morgan fingerprint density at radius 2 is 2.12 bits per heavy atom. The first kappa shape index (κ1) is 11.7. The lowest BCUT2D eigenvalue weighted by molar-refractivity contribution is 0.0699. The largest absolute Gasteiger partial charge is 0.478 e. The molecule has 1 aromatic carbocycles. The van der Waals surface area contributed by atoms with E-state index in [0.717, 1.165) is 23.9 Å². The molecule has 1 heterocycles. The molecule has 2 rings (SSSR count). The Morgan fingerprint density at radius 3 is 2.82 bits per heavy atom. The molecular weight excluding hydrogens is 214 g/mol. The van der Waals surface area contributed by atoms with E-state index in [-0.39, 0.29) is 0 Å². The maximum Gasteiger partial charge on any atom is 0.336 e. The zero-order valence-electron chi connectivity index (χ0n) is 10.0. The molecular formula is C14H17NO2. The fraction of sp³-hybridized carbons (Fsp3) is 0.357. The number of unbranched alkanes of at least 4 members (excludes halogenated alkanes) is 2. The number of carboxylic acids is 1. The Balaban J connectivity index is 2.34. The molecule has 0 spiro atoms. The van der Waals surface area contributed by atoms with Gasteiger partial charge in [-0.25, -0.2) is 4.79 Å². The van der Waals surface area contributed by atoms with Crippen LogP contribution in [-0.4, -0.2) is 15.6 Å². The lowest BCUT2D eigenvalue weighted by atomic mass is 10.1. The number of benzene rings is 1. The van der Waals surface area contributed by atoms with Gasteiger partial charge >= 0.3 is 5.97 Å². The number of carbonyl (C=O) groups is 1. The number of aryl methyl sites for hydroxylation is 1. The van der Waals surface area contributed by atoms with Crippen molar-refractivity contribution in [3.63, 3.8) is 0 Å². The van der Waals surface area contributed by atoms with Gasteiger partial charge in [0.15, 0.2) is 0 Å². The van der Waals surface area contributed by atoms with Crippen LogP contribution < -0.4 is 0 Å². The smallest absolute Gasteiger partial charge is 0.336 e. The Labute approximate surface area is 101 Å². The minimum absolute atomic E-state index is 0.386. The highest BCUT2D eigenvalue weighted by atomic mass is 16.4. The molecule has 0 radical (unpaired) electrons. The van der Waals surface area contributed by atoms with E-state index in [1.54, 1.807) is 6.07 Å². The molecule has 0 bridgehead atoms. The van der Waals surface area contributed by atoms with Gasteiger partial charge in [-0.05, 0) is 24.6 Å². The molecule has 90 valence electrons. The maximum absolute atomic E-state index is 11.1. The molecule has 0 fully saturated rings. The van der Waals surface area contributed by atoms with Crippen LogP contribution in [0.25, 0.3) is 10.9 Å². The van der Waals surface area contributed by atoms with Crippen LogP contribution in [0.15, 0.2) is 30.5 Å². The van der Waals surface area contributed by atoms with Crippen molar-refractivity contribution in [2.24, 2.45) is 0 Å². The van der Waals surface area contributed by atoms with Crippen LogP contribution >= 0.6 is 0 Å². The minimum atomic E-state index is -0.859. The molecule has 0 atom stereocenters. The molecule has 3 nitrogen and oxygen atoms in total. The number of fused-ring (bicyclic) bond motifs is 1. The van der Waals surface area contributed by atoms with Crippen molar-refractivity contribution in [1.29, 1.82) is 0 Å². The molecule has 0 amide bonds.